The third-order valence-corrected chi connectivity index (χ3v) is 5.65. The molecule has 144 valence electrons. The largest absolute Gasteiger partial charge is 0.326 e. The third kappa shape index (κ3) is 4.70. The first-order valence-corrected chi connectivity index (χ1v) is 10.4. The Bertz CT molecular complexity index is 1140. The fraction of sp³-hybridized carbons (Fsp3) is 0.0870. The summed E-state index contributed by atoms with van der Waals surface area (Å²) >= 11 is 7.62. The number of hydrogen-bond donors (Lipinski definition) is 1. The van der Waals surface area contributed by atoms with Crippen molar-refractivity contribution < 1.29 is 4.79 Å². The second kappa shape index (κ2) is 8.55. The number of thiazole rings is 1. The summed E-state index contributed by atoms with van der Waals surface area (Å²) in [6, 6.07) is 17.3. The van der Waals surface area contributed by atoms with Crippen LogP contribution in [0, 0.1) is 6.92 Å². The second-order valence-corrected chi connectivity index (χ2v) is 7.95. The van der Waals surface area contributed by atoms with Gasteiger partial charge in [-0.15, -0.1) is 11.3 Å². The highest BCUT2D eigenvalue weighted by atomic mass is 35.5. The van der Waals surface area contributed by atoms with E-state index in [0.717, 1.165) is 38.6 Å². The molecule has 0 radical (unpaired) electrons. The van der Waals surface area contributed by atoms with E-state index in [1.807, 2.05) is 60.8 Å². The smallest absolute Gasteiger partial charge is 0.228 e. The summed E-state index contributed by atoms with van der Waals surface area (Å²) in [4.78, 5) is 21.1. The predicted octanol–water partition coefficient (Wildman–Crippen LogP) is 6.02. The Balaban J connectivity index is 1.44. The molecular weight excluding hydrogens is 402 g/mol. The van der Waals surface area contributed by atoms with Crippen molar-refractivity contribution in [2.75, 3.05) is 5.32 Å². The quantitative estimate of drug-likeness (QED) is 0.430. The van der Waals surface area contributed by atoms with E-state index in [4.69, 9.17) is 16.6 Å². The third-order valence-electron chi connectivity index (χ3n) is 4.52. The molecule has 0 fully saturated rings. The van der Waals surface area contributed by atoms with Crippen LogP contribution in [0.15, 0.2) is 72.4 Å². The Labute approximate surface area is 178 Å². The molecule has 1 N–H and O–H groups in total. The number of pyridine rings is 1. The summed E-state index contributed by atoms with van der Waals surface area (Å²) in [7, 11) is 0. The molecule has 4 nitrogen and oxygen atoms in total. The lowest BCUT2D eigenvalue weighted by atomic mass is 10.1. The molecule has 0 aliphatic heterocycles. The monoisotopic (exact) mass is 419 g/mol. The minimum atomic E-state index is -0.0725. The topological polar surface area (TPSA) is 54.9 Å². The molecule has 0 bridgehead atoms. The van der Waals surface area contributed by atoms with Crippen LogP contribution in [0.5, 0.6) is 0 Å². The lowest BCUT2D eigenvalue weighted by molar-refractivity contribution is -0.115. The summed E-state index contributed by atoms with van der Waals surface area (Å²) in [6.07, 6.45) is 3.83. The van der Waals surface area contributed by atoms with Gasteiger partial charge in [0.15, 0.2) is 0 Å². The number of rotatable bonds is 5. The molecule has 0 unspecified atom stereocenters. The van der Waals surface area contributed by atoms with Gasteiger partial charge in [-0.05, 0) is 42.3 Å². The molecule has 0 saturated heterocycles. The van der Waals surface area contributed by atoms with Crippen LogP contribution >= 0.6 is 22.9 Å². The van der Waals surface area contributed by atoms with Gasteiger partial charge in [-0.2, -0.15) is 0 Å². The number of benzene rings is 2. The molecule has 2 heterocycles. The summed E-state index contributed by atoms with van der Waals surface area (Å²) in [5, 5.41) is 6.53. The van der Waals surface area contributed by atoms with E-state index in [9.17, 15) is 4.79 Å². The number of nitrogens with zero attached hydrogens (tertiary/aromatic N) is 2. The summed E-state index contributed by atoms with van der Waals surface area (Å²) in [6.45, 7) is 1.94. The number of halogens is 1. The molecule has 29 heavy (non-hydrogen) atoms. The van der Waals surface area contributed by atoms with E-state index >= 15 is 0 Å². The van der Waals surface area contributed by atoms with Crippen LogP contribution in [-0.4, -0.2) is 15.9 Å². The second-order valence-electron chi connectivity index (χ2n) is 6.65. The maximum Gasteiger partial charge on any atom is 0.228 e. The molecule has 2 aromatic carbocycles. The number of hydrogen-bond acceptors (Lipinski definition) is 4. The first kappa shape index (κ1) is 19.3. The minimum Gasteiger partial charge on any atom is -0.326 e. The highest BCUT2D eigenvalue weighted by Gasteiger charge is 2.09. The van der Waals surface area contributed by atoms with E-state index in [1.54, 1.807) is 29.8 Å². The Morgan fingerprint density at radius 3 is 2.55 bits per heavy atom. The number of anilines is 1. The van der Waals surface area contributed by atoms with Gasteiger partial charge in [0.2, 0.25) is 5.91 Å². The van der Waals surface area contributed by atoms with E-state index in [1.165, 1.54) is 0 Å². The van der Waals surface area contributed by atoms with Gasteiger partial charge in [0, 0.05) is 39.6 Å². The van der Waals surface area contributed by atoms with Crippen molar-refractivity contribution in [3.8, 4) is 21.8 Å². The summed E-state index contributed by atoms with van der Waals surface area (Å²) < 4.78 is 0. The normalized spacial score (nSPS) is 10.7. The number of nitrogens with one attached hydrogen (secondary N) is 1. The molecule has 0 atom stereocenters. The Hall–Kier alpha value is -3.02. The Morgan fingerprint density at radius 1 is 1.03 bits per heavy atom. The lowest BCUT2D eigenvalue weighted by Gasteiger charge is -2.09. The zero-order valence-corrected chi connectivity index (χ0v) is 17.3. The van der Waals surface area contributed by atoms with Crippen LogP contribution in [0.1, 0.15) is 11.1 Å². The van der Waals surface area contributed by atoms with E-state index in [2.05, 4.69) is 10.3 Å². The van der Waals surface area contributed by atoms with Gasteiger partial charge in [0.1, 0.15) is 5.01 Å². The predicted molar refractivity (Wildman–Crippen MR) is 119 cm³/mol. The van der Waals surface area contributed by atoms with E-state index in [0.29, 0.717) is 11.4 Å². The minimum absolute atomic E-state index is 0.0725. The van der Waals surface area contributed by atoms with Crippen molar-refractivity contribution in [1.29, 1.82) is 0 Å². The van der Waals surface area contributed by atoms with Crippen molar-refractivity contribution in [1.82, 2.24) is 9.97 Å². The van der Waals surface area contributed by atoms with E-state index < -0.39 is 0 Å². The SMILES string of the molecule is Cc1ccc(Cl)cc1NC(=O)Cc1ccc(-c2csc(-c3ccncc3)n2)cc1. The lowest BCUT2D eigenvalue weighted by Crippen LogP contribution is -2.15. The van der Waals surface area contributed by atoms with Gasteiger partial charge in [-0.25, -0.2) is 4.98 Å². The molecule has 1 amide bonds. The highest BCUT2D eigenvalue weighted by Crippen LogP contribution is 2.28. The van der Waals surface area contributed by atoms with Crippen molar-refractivity contribution >= 4 is 34.5 Å². The van der Waals surface area contributed by atoms with Gasteiger partial charge in [-0.1, -0.05) is 41.9 Å². The first-order valence-electron chi connectivity index (χ1n) is 9.10. The molecule has 6 heteroatoms. The molecule has 0 aliphatic rings. The van der Waals surface area contributed by atoms with Gasteiger partial charge in [0.25, 0.3) is 0 Å². The number of carbonyl (C=O) groups is 1. The zero-order chi connectivity index (χ0) is 20.2. The van der Waals surface area contributed by atoms with Crippen molar-refractivity contribution in [3.63, 3.8) is 0 Å². The molecule has 2 aromatic heterocycles. The van der Waals surface area contributed by atoms with Crippen LogP contribution in [-0.2, 0) is 11.2 Å². The number of aryl methyl sites for hydroxylation is 1. The van der Waals surface area contributed by atoms with Gasteiger partial charge in [0.05, 0.1) is 12.1 Å². The van der Waals surface area contributed by atoms with E-state index in [-0.39, 0.29) is 5.91 Å². The van der Waals surface area contributed by atoms with Crippen LogP contribution in [0.25, 0.3) is 21.8 Å². The molecule has 0 spiro atoms. The number of carbonyl (C=O) groups excluding carboxylic acids is 1. The van der Waals surface area contributed by atoms with Crippen LogP contribution < -0.4 is 5.32 Å². The standard InChI is InChI=1S/C23H18ClN3OS/c1-15-2-7-19(24)13-20(15)26-22(28)12-16-3-5-17(6-4-16)21-14-29-23(27-21)18-8-10-25-11-9-18/h2-11,13-14H,12H2,1H3,(H,26,28). The maximum absolute atomic E-state index is 12.4. The Morgan fingerprint density at radius 2 is 1.79 bits per heavy atom. The molecule has 0 aliphatic carbocycles. The fourth-order valence-corrected chi connectivity index (χ4v) is 3.94. The maximum atomic E-state index is 12.4. The summed E-state index contributed by atoms with van der Waals surface area (Å²) in [5.41, 5.74) is 5.66. The molecule has 0 saturated carbocycles. The van der Waals surface area contributed by atoms with Gasteiger partial charge in [-0.3, -0.25) is 9.78 Å². The van der Waals surface area contributed by atoms with Crippen molar-refractivity contribution in [2.45, 2.75) is 13.3 Å². The van der Waals surface area contributed by atoms with Crippen LogP contribution in [0.2, 0.25) is 5.02 Å². The number of aromatic nitrogens is 2. The van der Waals surface area contributed by atoms with Crippen molar-refractivity contribution in [2.24, 2.45) is 0 Å². The zero-order valence-electron chi connectivity index (χ0n) is 15.7. The van der Waals surface area contributed by atoms with Crippen LogP contribution in [0.3, 0.4) is 0 Å². The number of amides is 1. The van der Waals surface area contributed by atoms with Crippen molar-refractivity contribution in [3.05, 3.63) is 88.5 Å². The Kier molecular flexibility index (Phi) is 5.69. The molecule has 4 aromatic rings. The van der Waals surface area contributed by atoms with Gasteiger partial charge >= 0.3 is 0 Å². The summed E-state index contributed by atoms with van der Waals surface area (Å²) in [5.74, 6) is -0.0725. The highest BCUT2D eigenvalue weighted by molar-refractivity contribution is 7.13. The van der Waals surface area contributed by atoms with Gasteiger partial charge < -0.3 is 5.32 Å². The average Bonchev–Trinajstić information content (AvgIpc) is 3.22. The average molecular weight is 420 g/mol. The molecular formula is C23H18ClN3OS. The fourth-order valence-electron chi connectivity index (χ4n) is 2.94. The first-order chi connectivity index (χ1) is 14.1. The molecule has 4 rings (SSSR count). The van der Waals surface area contributed by atoms with Crippen LogP contribution in [0.4, 0.5) is 5.69 Å².